The van der Waals surface area contributed by atoms with Crippen molar-refractivity contribution in [2.24, 2.45) is 0 Å². The first-order valence-electron chi connectivity index (χ1n) is 5.41. The molecule has 1 aliphatic heterocycles. The maximum Gasteiger partial charge on any atom is 0.184 e. The van der Waals surface area contributed by atoms with Gasteiger partial charge in [-0.25, -0.2) is 4.39 Å². The first kappa shape index (κ1) is 12.4. The van der Waals surface area contributed by atoms with Crippen LogP contribution in [0.25, 0.3) is 0 Å². The van der Waals surface area contributed by atoms with Gasteiger partial charge in [-0.2, -0.15) is 11.8 Å². The minimum absolute atomic E-state index is 0.103. The zero-order valence-electron chi connectivity index (χ0n) is 9.53. The first-order valence-corrected chi connectivity index (χ1v) is 6.56. The molecule has 0 bridgehead atoms. The van der Waals surface area contributed by atoms with Crippen LogP contribution in [0.4, 0.5) is 4.39 Å². The molecule has 0 saturated carbocycles. The van der Waals surface area contributed by atoms with Crippen LogP contribution in [0, 0.1) is 5.82 Å². The van der Waals surface area contributed by atoms with Crippen LogP contribution in [-0.4, -0.2) is 37.0 Å². The lowest BCUT2D eigenvalue weighted by Crippen LogP contribution is -2.43. The van der Waals surface area contributed by atoms with Crippen LogP contribution >= 0.6 is 11.8 Å². The smallest absolute Gasteiger partial charge is 0.184 e. The summed E-state index contributed by atoms with van der Waals surface area (Å²) in [5.74, 6) is 1.63. The number of thioether (sulfide) groups is 1. The molecule has 1 atom stereocenters. The average Bonchev–Trinajstić information content (AvgIpc) is 2.39. The second kappa shape index (κ2) is 5.51. The Bertz CT molecular complexity index is 419. The van der Waals surface area contributed by atoms with E-state index in [1.807, 2.05) is 0 Å². The van der Waals surface area contributed by atoms with Crippen molar-refractivity contribution in [3.05, 3.63) is 29.6 Å². The average molecular weight is 255 g/mol. The summed E-state index contributed by atoms with van der Waals surface area (Å²) < 4.78 is 18.3. The highest BCUT2D eigenvalue weighted by Crippen LogP contribution is 2.22. The highest BCUT2D eigenvalue weighted by atomic mass is 32.2. The van der Waals surface area contributed by atoms with Gasteiger partial charge in [0.15, 0.2) is 5.78 Å². The summed E-state index contributed by atoms with van der Waals surface area (Å²) in [6.07, 6.45) is 0. The predicted molar refractivity (Wildman–Crippen MR) is 66.4 cm³/mol. The summed E-state index contributed by atoms with van der Waals surface area (Å²) in [5, 5.41) is 3.14. The molecule has 1 aromatic carbocycles. The standard InChI is InChI=1S/C12H14FNO2S/c1-16-11-3-2-8(13)6-9(11)12(15)10-7-17-5-4-14-10/h2-3,6,10,14H,4-5,7H2,1H3. The number of methoxy groups -OCH3 is 1. The van der Waals surface area contributed by atoms with E-state index >= 15 is 0 Å². The fraction of sp³-hybridized carbons (Fsp3) is 0.417. The molecule has 1 heterocycles. The fourth-order valence-electron chi connectivity index (χ4n) is 1.79. The van der Waals surface area contributed by atoms with Crippen LogP contribution in [0.2, 0.25) is 0 Å². The van der Waals surface area contributed by atoms with Gasteiger partial charge >= 0.3 is 0 Å². The third-order valence-electron chi connectivity index (χ3n) is 2.67. The number of benzene rings is 1. The van der Waals surface area contributed by atoms with E-state index in [1.165, 1.54) is 25.3 Å². The number of Topliss-reactive ketones (excluding diaryl/α,β-unsaturated/α-hetero) is 1. The summed E-state index contributed by atoms with van der Waals surface area (Å²) in [6.45, 7) is 0.804. The molecule has 2 rings (SSSR count). The second-order valence-corrected chi connectivity index (χ2v) is 4.94. The van der Waals surface area contributed by atoms with E-state index < -0.39 is 5.82 Å². The molecule has 1 saturated heterocycles. The lowest BCUT2D eigenvalue weighted by atomic mass is 10.0. The van der Waals surface area contributed by atoms with Crippen molar-refractivity contribution in [3.63, 3.8) is 0 Å². The third-order valence-corrected chi connectivity index (χ3v) is 3.73. The number of hydrogen-bond donors (Lipinski definition) is 1. The van der Waals surface area contributed by atoms with Gasteiger partial charge in [0.05, 0.1) is 18.7 Å². The number of nitrogens with one attached hydrogen (secondary N) is 1. The largest absolute Gasteiger partial charge is 0.496 e. The van der Waals surface area contributed by atoms with Crippen LogP contribution in [0.3, 0.4) is 0 Å². The molecule has 1 fully saturated rings. The SMILES string of the molecule is COc1ccc(F)cc1C(=O)C1CSCCN1. The van der Waals surface area contributed by atoms with Gasteiger partial charge in [-0.1, -0.05) is 0 Å². The lowest BCUT2D eigenvalue weighted by Gasteiger charge is -2.22. The minimum Gasteiger partial charge on any atom is -0.496 e. The number of ether oxygens (including phenoxy) is 1. The predicted octanol–water partition coefficient (Wildman–Crippen LogP) is 1.72. The summed E-state index contributed by atoms with van der Waals surface area (Å²) >= 11 is 1.73. The van der Waals surface area contributed by atoms with Crippen LogP contribution in [-0.2, 0) is 0 Å². The monoisotopic (exact) mass is 255 g/mol. The molecule has 0 spiro atoms. The summed E-state index contributed by atoms with van der Waals surface area (Å²) in [4.78, 5) is 12.2. The van der Waals surface area contributed by atoms with E-state index in [0.717, 1.165) is 18.1 Å². The molecule has 1 unspecified atom stereocenters. The van der Waals surface area contributed by atoms with E-state index in [0.29, 0.717) is 11.3 Å². The Morgan fingerprint density at radius 2 is 2.41 bits per heavy atom. The highest BCUT2D eigenvalue weighted by molar-refractivity contribution is 7.99. The van der Waals surface area contributed by atoms with Gasteiger partial charge in [0.2, 0.25) is 0 Å². The number of carbonyl (C=O) groups excluding carboxylic acids is 1. The maximum absolute atomic E-state index is 13.2. The van der Waals surface area contributed by atoms with Crippen molar-refractivity contribution in [1.82, 2.24) is 5.32 Å². The van der Waals surface area contributed by atoms with Crippen LogP contribution in [0.1, 0.15) is 10.4 Å². The van der Waals surface area contributed by atoms with Crippen molar-refractivity contribution < 1.29 is 13.9 Å². The molecule has 1 aliphatic rings. The van der Waals surface area contributed by atoms with Gasteiger partial charge in [-0.3, -0.25) is 4.79 Å². The number of carbonyl (C=O) groups is 1. The zero-order chi connectivity index (χ0) is 12.3. The quantitative estimate of drug-likeness (QED) is 0.835. The minimum atomic E-state index is -0.419. The number of hydrogen-bond acceptors (Lipinski definition) is 4. The topological polar surface area (TPSA) is 38.3 Å². The Morgan fingerprint density at radius 1 is 1.59 bits per heavy atom. The Hall–Kier alpha value is -1.07. The van der Waals surface area contributed by atoms with Crippen molar-refractivity contribution >= 4 is 17.5 Å². The van der Waals surface area contributed by atoms with Crippen molar-refractivity contribution in [1.29, 1.82) is 0 Å². The molecule has 0 radical (unpaired) electrons. The molecule has 5 heteroatoms. The zero-order valence-corrected chi connectivity index (χ0v) is 10.3. The van der Waals surface area contributed by atoms with Crippen molar-refractivity contribution in [3.8, 4) is 5.75 Å². The molecular weight excluding hydrogens is 241 g/mol. The number of ketones is 1. The molecule has 92 valence electrons. The van der Waals surface area contributed by atoms with Gasteiger partial charge in [0, 0.05) is 18.1 Å². The molecule has 1 N–H and O–H groups in total. The molecule has 0 aromatic heterocycles. The van der Waals surface area contributed by atoms with Crippen LogP contribution in [0.15, 0.2) is 18.2 Å². The fourth-order valence-corrected chi connectivity index (χ4v) is 2.73. The van der Waals surface area contributed by atoms with Gasteiger partial charge < -0.3 is 10.1 Å². The number of halogens is 1. The van der Waals surface area contributed by atoms with E-state index in [9.17, 15) is 9.18 Å². The summed E-state index contributed by atoms with van der Waals surface area (Å²) in [5.41, 5.74) is 0.313. The van der Waals surface area contributed by atoms with Gasteiger partial charge in [-0.15, -0.1) is 0 Å². The molecular formula is C12H14FNO2S. The van der Waals surface area contributed by atoms with E-state index in [4.69, 9.17) is 4.74 Å². The van der Waals surface area contributed by atoms with Crippen LogP contribution < -0.4 is 10.1 Å². The Balaban J connectivity index is 2.25. The molecule has 3 nitrogen and oxygen atoms in total. The Labute approximate surface area is 104 Å². The van der Waals surface area contributed by atoms with Gasteiger partial charge in [0.25, 0.3) is 0 Å². The van der Waals surface area contributed by atoms with E-state index in [2.05, 4.69) is 5.32 Å². The second-order valence-electron chi connectivity index (χ2n) is 3.79. The van der Waals surface area contributed by atoms with Gasteiger partial charge in [-0.05, 0) is 18.2 Å². The van der Waals surface area contributed by atoms with E-state index in [1.54, 1.807) is 11.8 Å². The molecule has 0 aliphatic carbocycles. The highest BCUT2D eigenvalue weighted by Gasteiger charge is 2.25. The lowest BCUT2D eigenvalue weighted by molar-refractivity contribution is 0.0949. The Kier molecular flexibility index (Phi) is 4.02. The first-order chi connectivity index (χ1) is 8.22. The van der Waals surface area contributed by atoms with Crippen molar-refractivity contribution in [2.75, 3.05) is 25.2 Å². The maximum atomic E-state index is 13.2. The molecule has 17 heavy (non-hydrogen) atoms. The molecule has 0 amide bonds. The third kappa shape index (κ3) is 2.79. The van der Waals surface area contributed by atoms with Gasteiger partial charge in [0.1, 0.15) is 11.6 Å². The summed E-state index contributed by atoms with van der Waals surface area (Å²) in [7, 11) is 1.48. The van der Waals surface area contributed by atoms with E-state index in [-0.39, 0.29) is 11.8 Å². The molecule has 1 aromatic rings. The summed E-state index contributed by atoms with van der Waals surface area (Å²) in [6, 6.07) is 3.77. The van der Waals surface area contributed by atoms with Crippen molar-refractivity contribution in [2.45, 2.75) is 6.04 Å². The van der Waals surface area contributed by atoms with Crippen LogP contribution in [0.5, 0.6) is 5.75 Å². The number of rotatable bonds is 3. The normalized spacial score (nSPS) is 20.0. The Morgan fingerprint density at radius 3 is 3.06 bits per heavy atom.